The van der Waals surface area contributed by atoms with Crippen LogP contribution in [-0.4, -0.2) is 34.5 Å². The van der Waals surface area contributed by atoms with Crippen molar-refractivity contribution in [2.24, 2.45) is 0 Å². The van der Waals surface area contributed by atoms with E-state index in [1.54, 1.807) is 60.2 Å². The van der Waals surface area contributed by atoms with Gasteiger partial charge in [0.1, 0.15) is 5.69 Å². The van der Waals surface area contributed by atoms with Gasteiger partial charge in [-0.2, -0.15) is 5.10 Å². The van der Waals surface area contributed by atoms with Crippen molar-refractivity contribution in [3.8, 4) is 11.1 Å². The Morgan fingerprint density at radius 1 is 1.00 bits per heavy atom. The van der Waals surface area contributed by atoms with E-state index >= 15 is 0 Å². The van der Waals surface area contributed by atoms with Gasteiger partial charge in [0.25, 0.3) is 15.9 Å². The van der Waals surface area contributed by atoms with Crippen LogP contribution in [0.2, 0.25) is 0 Å². The number of anilines is 2. The normalized spacial score (nSPS) is 11.7. The molecule has 0 aliphatic carbocycles. The van der Waals surface area contributed by atoms with Gasteiger partial charge in [0.2, 0.25) is 0 Å². The number of rotatable bonds is 6. The first-order chi connectivity index (χ1) is 17.9. The van der Waals surface area contributed by atoms with Crippen molar-refractivity contribution >= 4 is 60.4 Å². The number of carbonyl (C=O) groups is 1. The summed E-state index contributed by atoms with van der Waals surface area (Å²) in [5.74, 6) is -0.319. The van der Waals surface area contributed by atoms with E-state index in [4.69, 9.17) is 0 Å². The Hall–Kier alpha value is -4.48. The number of benzene rings is 3. The summed E-state index contributed by atoms with van der Waals surface area (Å²) in [4.78, 5) is 20.5. The Morgan fingerprint density at radius 2 is 1.84 bits per heavy atom. The maximum absolute atomic E-state index is 13.0. The van der Waals surface area contributed by atoms with E-state index < -0.39 is 10.0 Å². The number of amides is 1. The van der Waals surface area contributed by atoms with E-state index in [0.29, 0.717) is 17.1 Å². The topological polar surface area (TPSA) is 133 Å². The number of aromatic amines is 2. The molecule has 0 aliphatic heterocycles. The molecule has 1 amide bonds. The van der Waals surface area contributed by atoms with Crippen LogP contribution < -0.4 is 10.0 Å². The lowest BCUT2D eigenvalue weighted by Gasteiger charge is -2.13. The highest BCUT2D eigenvalue weighted by Gasteiger charge is 2.18. The van der Waals surface area contributed by atoms with Crippen LogP contribution in [0.1, 0.15) is 15.5 Å². The smallest absolute Gasteiger partial charge is 0.275 e. The minimum absolute atomic E-state index is 0.171. The van der Waals surface area contributed by atoms with Crippen LogP contribution >= 0.6 is 11.3 Å². The lowest BCUT2D eigenvalue weighted by atomic mass is 9.99. The number of nitrogens with zero attached hydrogens (tertiary/aromatic N) is 2. The van der Waals surface area contributed by atoms with Gasteiger partial charge in [0, 0.05) is 27.9 Å². The van der Waals surface area contributed by atoms with E-state index in [1.165, 1.54) is 11.3 Å². The highest BCUT2D eigenvalue weighted by atomic mass is 32.2. The van der Waals surface area contributed by atoms with Crippen LogP contribution in [0.5, 0.6) is 0 Å². The minimum atomic E-state index is -3.79. The first-order valence-corrected chi connectivity index (χ1v) is 13.6. The number of hydrogen-bond donors (Lipinski definition) is 4. The van der Waals surface area contributed by atoms with Gasteiger partial charge in [0.05, 0.1) is 33.0 Å². The molecule has 37 heavy (non-hydrogen) atoms. The van der Waals surface area contributed by atoms with Crippen molar-refractivity contribution in [1.82, 2.24) is 20.2 Å². The summed E-state index contributed by atoms with van der Waals surface area (Å²) in [6, 6.07) is 17.4. The fraction of sp³-hybridized carbons (Fsp3) is 0.0385. The molecule has 0 bridgehead atoms. The molecule has 0 saturated carbocycles. The van der Waals surface area contributed by atoms with Crippen molar-refractivity contribution in [2.45, 2.75) is 11.8 Å². The van der Waals surface area contributed by atoms with Crippen molar-refractivity contribution < 1.29 is 13.2 Å². The zero-order chi connectivity index (χ0) is 25.6. The fourth-order valence-corrected chi connectivity index (χ4v) is 5.90. The molecule has 0 radical (unpaired) electrons. The Kier molecular flexibility index (Phi) is 5.50. The molecule has 6 rings (SSSR count). The quantitative estimate of drug-likeness (QED) is 0.226. The molecule has 0 saturated heterocycles. The Labute approximate surface area is 215 Å². The van der Waals surface area contributed by atoms with Gasteiger partial charge in [-0.25, -0.2) is 13.4 Å². The van der Waals surface area contributed by atoms with Gasteiger partial charge >= 0.3 is 0 Å². The van der Waals surface area contributed by atoms with Crippen LogP contribution in [0.25, 0.3) is 32.9 Å². The van der Waals surface area contributed by atoms with Gasteiger partial charge in [-0.3, -0.25) is 14.6 Å². The predicted octanol–water partition coefficient (Wildman–Crippen LogP) is 5.53. The molecule has 0 fully saturated rings. The van der Waals surface area contributed by atoms with E-state index in [-0.39, 0.29) is 10.8 Å². The summed E-state index contributed by atoms with van der Waals surface area (Å²) < 4.78 is 28.7. The fourth-order valence-electron chi connectivity index (χ4n) is 4.24. The number of aryl methyl sites for hydroxylation is 1. The first-order valence-electron chi connectivity index (χ1n) is 11.3. The second kappa shape index (κ2) is 8.87. The van der Waals surface area contributed by atoms with E-state index in [1.807, 2.05) is 25.1 Å². The van der Waals surface area contributed by atoms with Crippen molar-refractivity contribution in [3.63, 3.8) is 0 Å². The van der Waals surface area contributed by atoms with E-state index in [9.17, 15) is 13.2 Å². The number of thiazole rings is 1. The van der Waals surface area contributed by atoms with E-state index in [2.05, 4.69) is 30.2 Å². The molecule has 3 heterocycles. The molecule has 3 aromatic carbocycles. The van der Waals surface area contributed by atoms with Crippen LogP contribution in [0.15, 0.2) is 83.3 Å². The average molecular weight is 529 g/mol. The van der Waals surface area contributed by atoms with Gasteiger partial charge in [-0.05, 0) is 60.5 Å². The van der Waals surface area contributed by atoms with Crippen LogP contribution in [-0.2, 0) is 10.0 Å². The number of nitrogens with one attached hydrogen (secondary N) is 4. The van der Waals surface area contributed by atoms with Crippen molar-refractivity contribution in [2.75, 3.05) is 10.0 Å². The molecule has 0 unspecified atom stereocenters. The summed E-state index contributed by atoms with van der Waals surface area (Å²) in [5, 5.41) is 14.2. The molecule has 0 atom stereocenters. The predicted molar refractivity (Wildman–Crippen MR) is 145 cm³/mol. The first kappa shape index (κ1) is 23.0. The highest BCUT2D eigenvalue weighted by Crippen LogP contribution is 2.36. The van der Waals surface area contributed by atoms with Crippen molar-refractivity contribution in [3.05, 3.63) is 89.1 Å². The molecule has 11 heteroatoms. The highest BCUT2D eigenvalue weighted by molar-refractivity contribution is 7.92. The Morgan fingerprint density at radius 3 is 2.62 bits per heavy atom. The molecule has 4 N–H and O–H groups in total. The average Bonchev–Trinajstić information content (AvgIpc) is 3.64. The third-order valence-electron chi connectivity index (χ3n) is 5.94. The molecular weight excluding hydrogens is 508 g/mol. The summed E-state index contributed by atoms with van der Waals surface area (Å²) in [5.41, 5.74) is 4.35. The van der Waals surface area contributed by atoms with Crippen molar-refractivity contribution in [1.29, 1.82) is 0 Å². The Balaban J connectivity index is 1.44. The number of carbonyl (C=O) groups excluding carboxylic acids is 1. The molecule has 184 valence electrons. The molecule has 0 aliphatic rings. The number of fused-ring (bicyclic) bond motifs is 2. The number of aromatic nitrogens is 4. The lowest BCUT2D eigenvalue weighted by Crippen LogP contribution is -2.13. The monoisotopic (exact) mass is 528 g/mol. The van der Waals surface area contributed by atoms with Gasteiger partial charge in [0.15, 0.2) is 0 Å². The van der Waals surface area contributed by atoms with E-state index in [0.717, 1.165) is 37.9 Å². The third kappa shape index (κ3) is 4.34. The third-order valence-corrected chi connectivity index (χ3v) is 8.11. The van der Waals surface area contributed by atoms with Crippen LogP contribution in [0.4, 0.5) is 11.4 Å². The van der Waals surface area contributed by atoms with Crippen LogP contribution in [0.3, 0.4) is 0 Å². The molecular formula is C26H20N6O3S2. The SMILES string of the molecule is Cc1nc(C(=O)Nc2cc(-c3cc(NS(=O)(=O)c4ccccc4)cc4[nH]ccc34)cc3[nH]ncc23)cs1. The zero-order valence-electron chi connectivity index (χ0n) is 19.4. The number of sulfonamides is 1. The second-order valence-corrected chi connectivity index (χ2v) is 11.2. The summed E-state index contributed by atoms with van der Waals surface area (Å²) in [6.45, 7) is 1.84. The molecule has 9 nitrogen and oxygen atoms in total. The number of hydrogen-bond acceptors (Lipinski definition) is 6. The molecule has 6 aromatic rings. The second-order valence-electron chi connectivity index (χ2n) is 8.44. The standard InChI is InChI=1S/C26H20N6O3S2/c1-15-29-25(14-36-15)26(33)30-23-9-16(10-24-21(23)13-28-31-24)20-11-17(12-22-19(20)7-8-27-22)32-37(34,35)18-5-3-2-4-6-18/h2-14,27,32H,1H3,(H,28,31)(H,30,33). The summed E-state index contributed by atoms with van der Waals surface area (Å²) >= 11 is 1.41. The maximum atomic E-state index is 13.0. The summed E-state index contributed by atoms with van der Waals surface area (Å²) in [6.07, 6.45) is 3.45. The summed E-state index contributed by atoms with van der Waals surface area (Å²) in [7, 11) is -3.79. The largest absolute Gasteiger partial charge is 0.361 e. The zero-order valence-corrected chi connectivity index (χ0v) is 21.1. The van der Waals surface area contributed by atoms with Gasteiger partial charge in [-0.15, -0.1) is 11.3 Å². The molecule has 3 aromatic heterocycles. The van der Waals surface area contributed by atoms with Crippen LogP contribution in [0, 0.1) is 6.92 Å². The Bertz CT molecular complexity index is 1890. The minimum Gasteiger partial charge on any atom is -0.361 e. The maximum Gasteiger partial charge on any atom is 0.275 e. The molecule has 0 spiro atoms. The number of H-pyrrole nitrogens is 2. The van der Waals surface area contributed by atoms with Gasteiger partial charge in [-0.1, -0.05) is 18.2 Å². The lowest BCUT2D eigenvalue weighted by molar-refractivity contribution is 0.102. The van der Waals surface area contributed by atoms with Gasteiger partial charge < -0.3 is 10.3 Å².